The maximum absolute atomic E-state index is 12.7. The van der Waals surface area contributed by atoms with Gasteiger partial charge in [0.05, 0.1) is 21.6 Å². The van der Waals surface area contributed by atoms with Gasteiger partial charge >= 0.3 is 0 Å². The van der Waals surface area contributed by atoms with Gasteiger partial charge in [0.25, 0.3) is 0 Å². The number of anilines is 1. The van der Waals surface area contributed by atoms with Crippen LogP contribution in [0.3, 0.4) is 0 Å². The molecule has 4 atom stereocenters. The Morgan fingerprint density at radius 2 is 2.00 bits per heavy atom. The molecule has 0 radical (unpaired) electrons. The van der Waals surface area contributed by atoms with E-state index in [4.69, 9.17) is 0 Å². The van der Waals surface area contributed by atoms with Gasteiger partial charge in [0.2, 0.25) is 11.8 Å². The average molecular weight is 425 g/mol. The first-order valence-corrected chi connectivity index (χ1v) is 12.3. The first-order chi connectivity index (χ1) is 13.2. The fourth-order valence-electron chi connectivity index (χ4n) is 3.79. The van der Waals surface area contributed by atoms with Gasteiger partial charge in [0.1, 0.15) is 0 Å². The minimum Gasteiger partial charge on any atom is -0.353 e. The number of benzene rings is 1. The van der Waals surface area contributed by atoms with E-state index in [0.29, 0.717) is 17.5 Å². The van der Waals surface area contributed by atoms with E-state index in [0.717, 1.165) is 17.7 Å². The Labute approximate surface area is 171 Å². The summed E-state index contributed by atoms with van der Waals surface area (Å²) in [6.45, 7) is 6.15. The molecule has 0 aromatic heterocycles. The molecule has 1 saturated carbocycles. The molecule has 1 aliphatic heterocycles. The number of carbonyl (C=O) groups is 2. The van der Waals surface area contributed by atoms with Gasteiger partial charge in [0.15, 0.2) is 9.84 Å². The summed E-state index contributed by atoms with van der Waals surface area (Å²) in [6, 6.07) is 4.88. The number of hydrogen-bond acceptors (Lipinski definition) is 5. The fraction of sp³-hybridized carbons (Fsp3) is 0.600. The van der Waals surface area contributed by atoms with Crippen LogP contribution in [-0.4, -0.2) is 37.3 Å². The Hall–Kier alpha value is -1.54. The molecule has 1 aromatic rings. The standard InChI is InChI=1S/C20H28N2O4S2/c1-12-5-4-6-16(13(12)2)21-19(23)9-10-28(25,26)15-7-8-18-17(11-15)22-20(24)14(3)27-18/h7-8,11-14,16H,4-6,9-10H2,1-3H3,(H,21,23)(H,22,24)/t12-,13-,14-,16+/m0/s1. The van der Waals surface area contributed by atoms with Crippen LogP contribution in [0.4, 0.5) is 5.69 Å². The molecule has 1 aliphatic carbocycles. The van der Waals surface area contributed by atoms with Crippen LogP contribution in [0, 0.1) is 11.8 Å². The largest absolute Gasteiger partial charge is 0.353 e. The molecule has 1 aromatic carbocycles. The first kappa shape index (κ1) is 21.2. The van der Waals surface area contributed by atoms with E-state index in [-0.39, 0.29) is 40.2 Å². The Morgan fingerprint density at radius 3 is 2.75 bits per heavy atom. The summed E-state index contributed by atoms with van der Waals surface area (Å²) in [5.41, 5.74) is 0.517. The molecule has 0 spiro atoms. The Kier molecular flexibility index (Phi) is 6.39. The van der Waals surface area contributed by atoms with Crippen LogP contribution in [0.5, 0.6) is 0 Å². The van der Waals surface area contributed by atoms with E-state index in [1.54, 1.807) is 19.1 Å². The molecule has 6 nitrogen and oxygen atoms in total. The molecular weight excluding hydrogens is 396 g/mol. The van der Waals surface area contributed by atoms with Gasteiger partial charge < -0.3 is 10.6 Å². The lowest BCUT2D eigenvalue weighted by Crippen LogP contribution is -2.44. The van der Waals surface area contributed by atoms with E-state index in [1.165, 1.54) is 24.2 Å². The summed E-state index contributed by atoms with van der Waals surface area (Å²) in [5.74, 6) is 0.367. The van der Waals surface area contributed by atoms with Gasteiger partial charge in [-0.15, -0.1) is 11.8 Å². The summed E-state index contributed by atoms with van der Waals surface area (Å²) in [5, 5.41) is 5.56. The van der Waals surface area contributed by atoms with Crippen molar-refractivity contribution in [1.29, 1.82) is 0 Å². The third-order valence-electron chi connectivity index (χ3n) is 5.89. The van der Waals surface area contributed by atoms with Gasteiger partial charge in [-0.05, 0) is 43.4 Å². The number of carbonyl (C=O) groups excluding carboxylic acids is 2. The van der Waals surface area contributed by atoms with Crippen molar-refractivity contribution in [2.24, 2.45) is 11.8 Å². The highest BCUT2D eigenvalue weighted by atomic mass is 32.2. The lowest BCUT2D eigenvalue weighted by atomic mass is 9.78. The first-order valence-electron chi connectivity index (χ1n) is 9.81. The van der Waals surface area contributed by atoms with Gasteiger partial charge in [-0.2, -0.15) is 0 Å². The highest BCUT2D eigenvalue weighted by Crippen LogP contribution is 2.37. The quantitative estimate of drug-likeness (QED) is 0.757. The van der Waals surface area contributed by atoms with Crippen molar-refractivity contribution in [3.8, 4) is 0 Å². The number of thioether (sulfide) groups is 1. The number of rotatable bonds is 5. The summed E-state index contributed by atoms with van der Waals surface area (Å²) in [4.78, 5) is 25.1. The van der Waals surface area contributed by atoms with Crippen LogP contribution in [0.25, 0.3) is 0 Å². The molecule has 28 heavy (non-hydrogen) atoms. The third-order valence-corrected chi connectivity index (χ3v) is 8.78. The minimum absolute atomic E-state index is 0.0604. The van der Waals surface area contributed by atoms with Gasteiger partial charge in [0, 0.05) is 17.4 Å². The predicted octanol–water partition coefficient (Wildman–Crippen LogP) is 3.22. The van der Waals surface area contributed by atoms with Crippen molar-refractivity contribution >= 4 is 39.1 Å². The number of nitrogens with one attached hydrogen (secondary N) is 2. The molecule has 2 aliphatic rings. The average Bonchev–Trinajstić information content (AvgIpc) is 2.64. The number of hydrogen-bond donors (Lipinski definition) is 2. The van der Waals surface area contributed by atoms with E-state index in [2.05, 4.69) is 24.5 Å². The Balaban J connectivity index is 1.62. The van der Waals surface area contributed by atoms with Crippen molar-refractivity contribution in [3.63, 3.8) is 0 Å². The van der Waals surface area contributed by atoms with E-state index in [1.807, 2.05) is 0 Å². The maximum Gasteiger partial charge on any atom is 0.237 e. The Morgan fingerprint density at radius 1 is 1.25 bits per heavy atom. The SMILES string of the molecule is C[C@H]1[C@@H](C)CCC[C@H]1NC(=O)CCS(=O)(=O)c1ccc2c(c1)NC(=O)[C@H](C)S2. The van der Waals surface area contributed by atoms with Crippen LogP contribution in [0.1, 0.15) is 46.5 Å². The Bertz CT molecular complexity index is 869. The lowest BCUT2D eigenvalue weighted by Gasteiger charge is -2.34. The summed E-state index contributed by atoms with van der Waals surface area (Å²) in [6.07, 6.45) is 3.15. The molecular formula is C20H28N2O4S2. The second-order valence-corrected chi connectivity index (χ2v) is 11.4. The van der Waals surface area contributed by atoms with Crippen molar-refractivity contribution in [2.75, 3.05) is 11.1 Å². The predicted molar refractivity (Wildman–Crippen MR) is 111 cm³/mol. The van der Waals surface area contributed by atoms with Gasteiger partial charge in [-0.25, -0.2) is 8.42 Å². The molecule has 0 bridgehead atoms. The van der Waals surface area contributed by atoms with E-state index >= 15 is 0 Å². The van der Waals surface area contributed by atoms with Crippen molar-refractivity contribution in [3.05, 3.63) is 18.2 Å². The van der Waals surface area contributed by atoms with Crippen LogP contribution in [0.15, 0.2) is 28.0 Å². The summed E-state index contributed by atoms with van der Waals surface area (Å²) < 4.78 is 25.4. The minimum atomic E-state index is -3.61. The molecule has 2 amide bonds. The van der Waals surface area contributed by atoms with E-state index in [9.17, 15) is 18.0 Å². The van der Waals surface area contributed by atoms with Crippen molar-refractivity contribution < 1.29 is 18.0 Å². The zero-order valence-electron chi connectivity index (χ0n) is 16.5. The monoisotopic (exact) mass is 424 g/mol. The van der Waals surface area contributed by atoms with Crippen LogP contribution in [0.2, 0.25) is 0 Å². The number of fused-ring (bicyclic) bond motifs is 1. The molecule has 8 heteroatoms. The van der Waals surface area contributed by atoms with Gasteiger partial charge in [-0.3, -0.25) is 9.59 Å². The fourth-order valence-corrected chi connectivity index (χ4v) is 5.98. The molecule has 0 saturated heterocycles. The second kappa shape index (κ2) is 8.45. The van der Waals surface area contributed by atoms with Crippen LogP contribution < -0.4 is 10.6 Å². The molecule has 0 unspecified atom stereocenters. The highest BCUT2D eigenvalue weighted by molar-refractivity contribution is 8.01. The summed E-state index contributed by atoms with van der Waals surface area (Å²) >= 11 is 1.41. The molecule has 1 heterocycles. The topological polar surface area (TPSA) is 92.3 Å². The van der Waals surface area contributed by atoms with E-state index < -0.39 is 9.84 Å². The van der Waals surface area contributed by atoms with Crippen molar-refractivity contribution in [1.82, 2.24) is 5.32 Å². The summed E-state index contributed by atoms with van der Waals surface area (Å²) in [7, 11) is -3.61. The third kappa shape index (κ3) is 4.71. The van der Waals surface area contributed by atoms with Crippen LogP contribution >= 0.6 is 11.8 Å². The van der Waals surface area contributed by atoms with Crippen molar-refractivity contribution in [2.45, 2.75) is 67.5 Å². The van der Waals surface area contributed by atoms with Crippen LogP contribution in [-0.2, 0) is 19.4 Å². The zero-order chi connectivity index (χ0) is 20.5. The maximum atomic E-state index is 12.7. The zero-order valence-corrected chi connectivity index (χ0v) is 18.2. The smallest absolute Gasteiger partial charge is 0.237 e. The molecule has 2 N–H and O–H groups in total. The normalized spacial score (nSPS) is 27.6. The molecule has 1 fully saturated rings. The lowest BCUT2D eigenvalue weighted by molar-refractivity contribution is -0.122. The highest BCUT2D eigenvalue weighted by Gasteiger charge is 2.29. The second-order valence-electron chi connectivity index (χ2n) is 7.92. The molecule has 154 valence electrons. The number of sulfone groups is 1. The number of amides is 2. The van der Waals surface area contributed by atoms with Gasteiger partial charge in [-0.1, -0.05) is 26.7 Å². The molecule has 3 rings (SSSR count).